The number of aliphatic hydroxyl groups excluding tert-OH is 1. The van der Waals surface area contributed by atoms with Gasteiger partial charge in [-0.05, 0) is 31.4 Å². The molecule has 2 heterocycles. The van der Waals surface area contributed by atoms with Gasteiger partial charge < -0.3 is 14.6 Å². The lowest BCUT2D eigenvalue weighted by Crippen LogP contribution is -1.93. The van der Waals surface area contributed by atoms with Crippen molar-refractivity contribution < 1.29 is 14.6 Å². The van der Waals surface area contributed by atoms with E-state index in [-0.39, 0.29) is 6.29 Å². The molecule has 1 aromatic rings. The van der Waals surface area contributed by atoms with E-state index in [1.807, 2.05) is 0 Å². The van der Waals surface area contributed by atoms with E-state index in [0.717, 1.165) is 25.7 Å². The van der Waals surface area contributed by atoms with Crippen molar-refractivity contribution in [1.29, 1.82) is 0 Å². The third-order valence-electron chi connectivity index (χ3n) is 2.62. The number of rotatable bonds is 6. The van der Waals surface area contributed by atoms with Crippen molar-refractivity contribution in [3.05, 3.63) is 21.9 Å². The molecule has 0 radical (unpaired) electrons. The average Bonchev–Trinajstić information content (AvgIpc) is 2.94. The van der Waals surface area contributed by atoms with E-state index in [4.69, 9.17) is 14.6 Å². The molecule has 1 fully saturated rings. The van der Waals surface area contributed by atoms with E-state index in [2.05, 4.69) is 12.1 Å². The van der Waals surface area contributed by atoms with E-state index >= 15 is 0 Å². The molecule has 1 aliphatic heterocycles. The van der Waals surface area contributed by atoms with Gasteiger partial charge in [0.15, 0.2) is 6.29 Å². The quantitative estimate of drug-likeness (QED) is 0.779. The summed E-state index contributed by atoms with van der Waals surface area (Å²) >= 11 is 1.78. The van der Waals surface area contributed by atoms with Gasteiger partial charge in [-0.3, -0.25) is 0 Å². The molecule has 1 aromatic heterocycles. The van der Waals surface area contributed by atoms with E-state index in [1.54, 1.807) is 11.3 Å². The first-order chi connectivity index (χ1) is 7.90. The summed E-state index contributed by atoms with van der Waals surface area (Å²) in [6.07, 6.45) is 4.12. The second kappa shape index (κ2) is 6.35. The van der Waals surface area contributed by atoms with Gasteiger partial charge in [0.25, 0.3) is 0 Å². The topological polar surface area (TPSA) is 38.7 Å². The van der Waals surface area contributed by atoms with Crippen molar-refractivity contribution >= 4 is 11.3 Å². The number of ether oxygens (including phenoxy) is 2. The third kappa shape index (κ3) is 3.28. The van der Waals surface area contributed by atoms with Crippen LogP contribution in [0.1, 0.15) is 35.3 Å². The molecule has 0 unspecified atom stereocenters. The largest absolute Gasteiger partial charge is 0.396 e. The maximum atomic E-state index is 8.68. The fraction of sp³-hybridized carbons (Fsp3) is 0.667. The second-order valence-electron chi connectivity index (χ2n) is 3.91. The Bertz CT molecular complexity index is 305. The summed E-state index contributed by atoms with van der Waals surface area (Å²) < 4.78 is 10.9. The molecule has 2 rings (SSSR count). The minimum absolute atomic E-state index is 0.129. The van der Waals surface area contributed by atoms with Crippen LogP contribution in [0.5, 0.6) is 0 Å². The van der Waals surface area contributed by atoms with Crippen LogP contribution in [0, 0.1) is 0 Å². The highest BCUT2D eigenvalue weighted by Crippen LogP contribution is 2.30. The van der Waals surface area contributed by atoms with Gasteiger partial charge in [-0.1, -0.05) is 6.42 Å². The lowest BCUT2D eigenvalue weighted by Gasteiger charge is -2.04. The van der Waals surface area contributed by atoms with Gasteiger partial charge in [0.1, 0.15) is 0 Å². The highest BCUT2D eigenvalue weighted by Gasteiger charge is 2.19. The van der Waals surface area contributed by atoms with Crippen molar-refractivity contribution in [2.45, 2.75) is 32.0 Å². The van der Waals surface area contributed by atoms with Crippen LogP contribution in [0.2, 0.25) is 0 Å². The van der Waals surface area contributed by atoms with Crippen LogP contribution >= 0.6 is 11.3 Å². The first-order valence-electron chi connectivity index (χ1n) is 5.83. The molecule has 16 heavy (non-hydrogen) atoms. The minimum atomic E-state index is -0.129. The molecule has 1 aliphatic rings. The summed E-state index contributed by atoms with van der Waals surface area (Å²) in [5, 5.41) is 8.68. The van der Waals surface area contributed by atoms with E-state index in [1.165, 1.54) is 9.75 Å². The highest BCUT2D eigenvalue weighted by molar-refractivity contribution is 7.12. The monoisotopic (exact) mass is 242 g/mol. The SMILES string of the molecule is OCCCCCc1ccc(C2OCCO2)s1. The lowest BCUT2D eigenvalue weighted by molar-refractivity contribution is -0.0413. The van der Waals surface area contributed by atoms with Gasteiger partial charge in [-0.15, -0.1) is 11.3 Å². The van der Waals surface area contributed by atoms with Crippen LogP contribution in [0.3, 0.4) is 0 Å². The molecule has 0 amide bonds. The number of aliphatic hydroxyl groups is 1. The normalized spacial score (nSPS) is 17.1. The zero-order chi connectivity index (χ0) is 11.2. The van der Waals surface area contributed by atoms with Crippen LogP contribution in [-0.2, 0) is 15.9 Å². The smallest absolute Gasteiger partial charge is 0.193 e. The molecule has 3 nitrogen and oxygen atoms in total. The summed E-state index contributed by atoms with van der Waals surface area (Å²) in [6, 6.07) is 4.26. The Morgan fingerprint density at radius 1 is 1.19 bits per heavy atom. The highest BCUT2D eigenvalue weighted by atomic mass is 32.1. The summed E-state index contributed by atoms with van der Waals surface area (Å²) in [4.78, 5) is 2.56. The first-order valence-corrected chi connectivity index (χ1v) is 6.64. The summed E-state index contributed by atoms with van der Waals surface area (Å²) in [5.41, 5.74) is 0. The minimum Gasteiger partial charge on any atom is -0.396 e. The molecule has 0 atom stereocenters. The van der Waals surface area contributed by atoms with Crippen LogP contribution < -0.4 is 0 Å². The Morgan fingerprint density at radius 3 is 2.75 bits per heavy atom. The number of thiophene rings is 1. The van der Waals surface area contributed by atoms with E-state index < -0.39 is 0 Å². The molecule has 0 aliphatic carbocycles. The molecule has 0 spiro atoms. The van der Waals surface area contributed by atoms with Gasteiger partial charge in [0.2, 0.25) is 0 Å². The molecular weight excluding hydrogens is 224 g/mol. The Kier molecular flexibility index (Phi) is 4.78. The second-order valence-corrected chi connectivity index (χ2v) is 5.11. The molecule has 0 aromatic carbocycles. The van der Waals surface area contributed by atoms with Crippen molar-refractivity contribution in [2.24, 2.45) is 0 Å². The van der Waals surface area contributed by atoms with Crippen molar-refractivity contribution in [2.75, 3.05) is 19.8 Å². The summed E-state index contributed by atoms with van der Waals surface area (Å²) in [6.45, 7) is 1.71. The Hall–Kier alpha value is -0.420. The number of aryl methyl sites for hydroxylation is 1. The summed E-state index contributed by atoms with van der Waals surface area (Å²) in [5.74, 6) is 0. The van der Waals surface area contributed by atoms with E-state index in [9.17, 15) is 0 Å². The Labute approximate surface area is 100 Å². The lowest BCUT2D eigenvalue weighted by atomic mass is 10.2. The third-order valence-corrected chi connectivity index (χ3v) is 3.78. The van der Waals surface area contributed by atoms with Gasteiger partial charge in [0.05, 0.1) is 18.1 Å². The molecule has 90 valence electrons. The van der Waals surface area contributed by atoms with Gasteiger partial charge in [0, 0.05) is 11.5 Å². The van der Waals surface area contributed by atoms with Crippen molar-refractivity contribution in [1.82, 2.24) is 0 Å². The standard InChI is InChI=1S/C12H18O3S/c13-7-3-1-2-4-10-5-6-11(16-10)12-14-8-9-15-12/h5-6,12-13H,1-4,7-9H2. The van der Waals surface area contributed by atoms with Gasteiger partial charge in [-0.2, -0.15) is 0 Å². The Morgan fingerprint density at radius 2 is 2.00 bits per heavy atom. The number of hydrogen-bond donors (Lipinski definition) is 1. The molecule has 1 N–H and O–H groups in total. The molecule has 0 bridgehead atoms. The average molecular weight is 242 g/mol. The predicted octanol–water partition coefficient (Wildman–Crippen LogP) is 2.50. The molecule has 1 saturated heterocycles. The van der Waals surface area contributed by atoms with Crippen molar-refractivity contribution in [3.8, 4) is 0 Å². The van der Waals surface area contributed by atoms with E-state index in [0.29, 0.717) is 19.8 Å². The van der Waals surface area contributed by atoms with Crippen molar-refractivity contribution in [3.63, 3.8) is 0 Å². The predicted molar refractivity (Wildman–Crippen MR) is 63.6 cm³/mol. The molecule has 0 saturated carbocycles. The zero-order valence-corrected chi connectivity index (χ0v) is 10.2. The fourth-order valence-corrected chi connectivity index (χ4v) is 2.82. The van der Waals surface area contributed by atoms with Gasteiger partial charge in [-0.25, -0.2) is 0 Å². The fourth-order valence-electron chi connectivity index (χ4n) is 1.77. The Balaban J connectivity index is 1.77. The maximum Gasteiger partial charge on any atom is 0.193 e. The van der Waals surface area contributed by atoms with Crippen LogP contribution in [0.25, 0.3) is 0 Å². The maximum absolute atomic E-state index is 8.68. The first kappa shape index (κ1) is 12.0. The summed E-state index contributed by atoms with van der Waals surface area (Å²) in [7, 11) is 0. The number of hydrogen-bond acceptors (Lipinski definition) is 4. The van der Waals surface area contributed by atoms with Crippen LogP contribution in [-0.4, -0.2) is 24.9 Å². The van der Waals surface area contributed by atoms with Crippen LogP contribution in [0.4, 0.5) is 0 Å². The number of unbranched alkanes of at least 4 members (excludes halogenated alkanes) is 2. The zero-order valence-electron chi connectivity index (χ0n) is 9.35. The molecule has 4 heteroatoms. The van der Waals surface area contributed by atoms with Crippen LogP contribution in [0.15, 0.2) is 12.1 Å². The van der Waals surface area contributed by atoms with Gasteiger partial charge >= 0.3 is 0 Å². The molecular formula is C12H18O3S.